The van der Waals surface area contributed by atoms with Gasteiger partial charge in [-0.2, -0.15) is 0 Å². The summed E-state index contributed by atoms with van der Waals surface area (Å²) in [4.78, 5) is 26.5. The Kier molecular flexibility index (Phi) is 6.47. The molecule has 2 amide bonds. The highest BCUT2D eigenvalue weighted by Crippen LogP contribution is 2.31. The second kappa shape index (κ2) is 8.39. The number of sulfonamides is 1. The number of piperazine rings is 1. The fraction of sp³-hybridized carbons (Fsp3) is 0.529. The lowest BCUT2D eigenvalue weighted by molar-refractivity contribution is -0.134. The van der Waals surface area contributed by atoms with Crippen molar-refractivity contribution < 1.29 is 22.7 Å². The number of hydrogen-bond donors (Lipinski definition) is 0. The van der Waals surface area contributed by atoms with Crippen LogP contribution in [0.25, 0.3) is 0 Å². The van der Waals surface area contributed by atoms with E-state index < -0.39 is 10.0 Å². The predicted octanol–water partition coefficient (Wildman–Crippen LogP) is 0.460. The van der Waals surface area contributed by atoms with E-state index in [2.05, 4.69) is 0 Å². The number of hydrogen-bond acceptors (Lipinski definition) is 5. The molecule has 1 fully saturated rings. The van der Waals surface area contributed by atoms with Gasteiger partial charge in [-0.3, -0.25) is 13.9 Å². The Bertz CT molecular complexity index is 758. The number of amides is 2. The molecule has 0 aliphatic carbocycles. The van der Waals surface area contributed by atoms with E-state index in [1.807, 2.05) is 13.0 Å². The molecule has 0 radical (unpaired) electrons. The number of carbonyl (C=O) groups is 2. The molecule has 0 atom stereocenters. The van der Waals surface area contributed by atoms with Crippen LogP contribution in [0.3, 0.4) is 0 Å². The van der Waals surface area contributed by atoms with E-state index in [-0.39, 0.29) is 18.9 Å². The third-order valence-electron chi connectivity index (χ3n) is 4.35. The number of carbonyl (C=O) groups excluding carboxylic acids is 2. The van der Waals surface area contributed by atoms with Gasteiger partial charge in [0.15, 0.2) is 0 Å². The molecule has 1 aromatic rings. The normalized spacial score (nSPS) is 14.9. The molecule has 1 heterocycles. The lowest BCUT2D eigenvalue weighted by atomic mass is 10.2. The van der Waals surface area contributed by atoms with Crippen molar-refractivity contribution in [1.82, 2.24) is 9.80 Å². The summed E-state index contributed by atoms with van der Waals surface area (Å²) in [6, 6.07) is 5.27. The number of ether oxygens (including phenoxy) is 1. The molecule has 0 aromatic heterocycles. The van der Waals surface area contributed by atoms with Gasteiger partial charge in [-0.1, -0.05) is 6.07 Å². The van der Waals surface area contributed by atoms with Crippen LogP contribution in [-0.4, -0.2) is 76.6 Å². The maximum Gasteiger partial charge on any atom is 0.232 e. The van der Waals surface area contributed by atoms with Gasteiger partial charge in [-0.25, -0.2) is 8.42 Å². The van der Waals surface area contributed by atoms with E-state index in [0.717, 1.165) is 18.2 Å². The molecule has 144 valence electrons. The van der Waals surface area contributed by atoms with Gasteiger partial charge in [0.2, 0.25) is 22.3 Å². The summed E-state index contributed by atoms with van der Waals surface area (Å²) in [6.45, 7) is 3.81. The van der Waals surface area contributed by atoms with Crippen LogP contribution in [-0.2, 0) is 19.6 Å². The highest BCUT2D eigenvalue weighted by atomic mass is 32.2. The van der Waals surface area contributed by atoms with E-state index in [1.165, 1.54) is 11.4 Å². The molecular formula is C17H25N3O5S. The predicted molar refractivity (Wildman–Crippen MR) is 98.8 cm³/mol. The highest BCUT2D eigenvalue weighted by molar-refractivity contribution is 7.92. The average molecular weight is 383 g/mol. The third-order valence-corrected chi connectivity index (χ3v) is 5.53. The summed E-state index contributed by atoms with van der Waals surface area (Å²) >= 11 is 0. The van der Waals surface area contributed by atoms with Crippen LogP contribution in [0.4, 0.5) is 5.69 Å². The van der Waals surface area contributed by atoms with Crippen LogP contribution in [0.15, 0.2) is 18.2 Å². The molecule has 2 rings (SSSR count). The molecule has 8 nitrogen and oxygen atoms in total. The zero-order valence-corrected chi connectivity index (χ0v) is 16.2. The number of aryl methyl sites for hydroxylation is 1. The van der Waals surface area contributed by atoms with Crippen LogP contribution in [0.1, 0.15) is 12.0 Å². The Hall–Kier alpha value is -2.29. The largest absolute Gasteiger partial charge is 0.495 e. The standard InChI is InChI=1S/C17H25N3O5S/c1-14-4-5-16(25-2)15(12-14)20(26(3,23)24)7-6-17(22)19-10-8-18(13-21)9-11-19/h4-5,12-13H,6-11H2,1-3H3. The third kappa shape index (κ3) is 4.87. The van der Waals surface area contributed by atoms with E-state index in [4.69, 9.17) is 4.74 Å². The van der Waals surface area contributed by atoms with Gasteiger partial charge >= 0.3 is 0 Å². The number of anilines is 1. The maximum absolute atomic E-state index is 12.4. The van der Waals surface area contributed by atoms with Crippen LogP contribution < -0.4 is 9.04 Å². The molecule has 1 saturated heterocycles. The van der Waals surface area contributed by atoms with Crippen molar-refractivity contribution in [2.75, 3.05) is 50.4 Å². The molecule has 0 spiro atoms. The summed E-state index contributed by atoms with van der Waals surface area (Å²) in [5.74, 6) is 0.309. The average Bonchev–Trinajstić information content (AvgIpc) is 2.61. The maximum atomic E-state index is 12.4. The minimum Gasteiger partial charge on any atom is -0.495 e. The second-order valence-electron chi connectivity index (χ2n) is 6.28. The molecule has 1 aromatic carbocycles. The number of nitrogens with zero attached hydrogens (tertiary/aromatic N) is 3. The SMILES string of the molecule is COc1ccc(C)cc1N(CCC(=O)N1CCN(C=O)CC1)S(C)(=O)=O. The summed E-state index contributed by atoms with van der Waals surface area (Å²) in [6.07, 6.45) is 1.95. The Morgan fingerprint density at radius 3 is 2.46 bits per heavy atom. The molecule has 0 unspecified atom stereocenters. The van der Waals surface area contributed by atoms with E-state index in [0.29, 0.717) is 37.6 Å². The van der Waals surface area contributed by atoms with Crippen molar-refractivity contribution in [3.63, 3.8) is 0 Å². The first-order valence-corrected chi connectivity index (χ1v) is 10.2. The van der Waals surface area contributed by atoms with Gasteiger partial charge in [0.25, 0.3) is 0 Å². The van der Waals surface area contributed by atoms with Gasteiger partial charge in [0.1, 0.15) is 5.75 Å². The van der Waals surface area contributed by atoms with E-state index in [1.54, 1.807) is 21.9 Å². The van der Waals surface area contributed by atoms with Crippen LogP contribution in [0.2, 0.25) is 0 Å². The van der Waals surface area contributed by atoms with Gasteiger partial charge in [-0.15, -0.1) is 0 Å². The Morgan fingerprint density at radius 1 is 1.27 bits per heavy atom. The molecule has 1 aliphatic rings. The van der Waals surface area contributed by atoms with Crippen molar-refractivity contribution in [3.8, 4) is 5.75 Å². The fourth-order valence-electron chi connectivity index (χ4n) is 2.89. The fourth-order valence-corrected chi connectivity index (χ4v) is 3.81. The number of rotatable bonds is 7. The first-order chi connectivity index (χ1) is 12.3. The van der Waals surface area contributed by atoms with Crippen molar-refractivity contribution in [2.24, 2.45) is 0 Å². The Labute approximate surface area is 154 Å². The monoisotopic (exact) mass is 383 g/mol. The molecule has 1 aliphatic heterocycles. The highest BCUT2D eigenvalue weighted by Gasteiger charge is 2.25. The van der Waals surface area contributed by atoms with Gasteiger partial charge in [-0.05, 0) is 24.6 Å². The van der Waals surface area contributed by atoms with Gasteiger partial charge < -0.3 is 14.5 Å². The minimum absolute atomic E-state index is 0.0331. The Morgan fingerprint density at radius 2 is 1.92 bits per heavy atom. The van der Waals surface area contributed by atoms with Crippen LogP contribution in [0, 0.1) is 6.92 Å². The zero-order chi connectivity index (χ0) is 19.3. The van der Waals surface area contributed by atoms with Gasteiger partial charge in [0, 0.05) is 39.1 Å². The number of methoxy groups -OCH3 is 1. The van der Waals surface area contributed by atoms with Crippen LogP contribution >= 0.6 is 0 Å². The molecule has 0 N–H and O–H groups in total. The second-order valence-corrected chi connectivity index (χ2v) is 8.19. The summed E-state index contributed by atoms with van der Waals surface area (Å²) < 4.78 is 31.1. The number of benzene rings is 1. The molecule has 0 saturated carbocycles. The Balaban J connectivity index is 2.12. The topological polar surface area (TPSA) is 87.2 Å². The summed E-state index contributed by atoms with van der Waals surface area (Å²) in [5, 5.41) is 0. The molecule has 0 bridgehead atoms. The van der Waals surface area contributed by atoms with Gasteiger partial charge in [0.05, 0.1) is 19.1 Å². The van der Waals surface area contributed by atoms with Crippen molar-refractivity contribution in [3.05, 3.63) is 23.8 Å². The smallest absolute Gasteiger partial charge is 0.232 e. The molecule has 9 heteroatoms. The van der Waals surface area contributed by atoms with E-state index in [9.17, 15) is 18.0 Å². The first kappa shape index (κ1) is 20.0. The van der Waals surface area contributed by atoms with Crippen LogP contribution in [0.5, 0.6) is 5.75 Å². The molecule has 26 heavy (non-hydrogen) atoms. The summed E-state index contributed by atoms with van der Waals surface area (Å²) in [7, 11) is -2.10. The zero-order valence-electron chi connectivity index (χ0n) is 15.3. The van der Waals surface area contributed by atoms with E-state index >= 15 is 0 Å². The lowest BCUT2D eigenvalue weighted by Gasteiger charge is -2.33. The van der Waals surface area contributed by atoms with Crippen molar-refractivity contribution >= 4 is 28.0 Å². The van der Waals surface area contributed by atoms with Crippen molar-refractivity contribution in [2.45, 2.75) is 13.3 Å². The lowest BCUT2D eigenvalue weighted by Crippen LogP contribution is -2.48. The summed E-state index contributed by atoms with van der Waals surface area (Å²) in [5.41, 5.74) is 1.32. The quantitative estimate of drug-likeness (QED) is 0.639. The first-order valence-electron chi connectivity index (χ1n) is 8.35. The minimum atomic E-state index is -3.58. The van der Waals surface area contributed by atoms with Crippen molar-refractivity contribution in [1.29, 1.82) is 0 Å². The molecular weight excluding hydrogens is 358 g/mol.